The molecule has 1 aliphatic heterocycles. The maximum atomic E-state index is 12.6. The molecule has 0 saturated heterocycles. The zero-order valence-electron chi connectivity index (χ0n) is 12.7. The summed E-state index contributed by atoms with van der Waals surface area (Å²) in [5.74, 6) is 1.44. The smallest absolute Gasteiger partial charge is 0.244 e. The molecular formula is C14H18ClN3O4S2. The van der Waals surface area contributed by atoms with Crippen LogP contribution in [0.4, 0.5) is 5.69 Å². The predicted molar refractivity (Wildman–Crippen MR) is 89.5 cm³/mol. The van der Waals surface area contributed by atoms with Crippen LogP contribution in [0.15, 0.2) is 21.9 Å². The third-order valence-electron chi connectivity index (χ3n) is 5.44. The van der Waals surface area contributed by atoms with Crippen molar-refractivity contribution in [2.75, 3.05) is 5.32 Å². The summed E-state index contributed by atoms with van der Waals surface area (Å²) in [6, 6.07) is 2.34. The number of primary sulfonamides is 1. The van der Waals surface area contributed by atoms with Crippen molar-refractivity contribution in [3.63, 3.8) is 0 Å². The molecule has 24 heavy (non-hydrogen) atoms. The standard InChI is InChI=1S/C14H18ClN3O4S2/c15-10-5-11-13(6-12(10)23(16,19)20)24(21,22)18-14(17-11)9-4-7-1-2-8(9)3-7/h5-9,14,17-18H,1-4H2,(H2,16,19,20)/t7-,8+,9-,14-/m0/s1. The number of halogens is 1. The van der Waals surface area contributed by atoms with Crippen LogP contribution in [0.25, 0.3) is 0 Å². The van der Waals surface area contributed by atoms with Gasteiger partial charge in [-0.05, 0) is 49.1 Å². The van der Waals surface area contributed by atoms with E-state index < -0.39 is 31.1 Å². The number of anilines is 1. The van der Waals surface area contributed by atoms with Crippen LogP contribution >= 0.6 is 11.6 Å². The molecule has 132 valence electrons. The van der Waals surface area contributed by atoms with E-state index in [1.54, 1.807) is 0 Å². The van der Waals surface area contributed by atoms with Crippen LogP contribution in [0, 0.1) is 17.8 Å². The normalized spacial score (nSPS) is 33.9. The van der Waals surface area contributed by atoms with Crippen molar-refractivity contribution in [1.29, 1.82) is 0 Å². The zero-order chi connectivity index (χ0) is 17.3. The third-order valence-corrected chi connectivity index (χ3v) is 8.30. The molecule has 2 bridgehead atoms. The lowest BCUT2D eigenvalue weighted by Gasteiger charge is -2.36. The highest BCUT2D eigenvalue weighted by atomic mass is 35.5. The van der Waals surface area contributed by atoms with Gasteiger partial charge in [-0.2, -0.15) is 4.72 Å². The van der Waals surface area contributed by atoms with E-state index in [0.29, 0.717) is 17.5 Å². The Labute approximate surface area is 146 Å². The van der Waals surface area contributed by atoms with Gasteiger partial charge < -0.3 is 5.32 Å². The molecule has 4 rings (SSSR count). The van der Waals surface area contributed by atoms with Crippen LogP contribution in [0.5, 0.6) is 0 Å². The Morgan fingerprint density at radius 2 is 1.96 bits per heavy atom. The van der Waals surface area contributed by atoms with E-state index >= 15 is 0 Å². The Morgan fingerprint density at radius 3 is 2.54 bits per heavy atom. The number of nitrogens with two attached hydrogens (primary N) is 1. The monoisotopic (exact) mass is 391 g/mol. The molecule has 0 aromatic heterocycles. The fourth-order valence-electron chi connectivity index (χ4n) is 4.41. The maximum Gasteiger partial charge on any atom is 0.244 e. The zero-order valence-corrected chi connectivity index (χ0v) is 15.1. The molecule has 10 heteroatoms. The molecule has 0 unspecified atom stereocenters. The predicted octanol–water partition coefficient (Wildman–Crippen LogP) is 1.45. The van der Waals surface area contributed by atoms with Crippen molar-refractivity contribution >= 4 is 37.3 Å². The van der Waals surface area contributed by atoms with E-state index in [2.05, 4.69) is 10.0 Å². The summed E-state index contributed by atoms with van der Waals surface area (Å²) < 4.78 is 51.0. The number of benzene rings is 1. The van der Waals surface area contributed by atoms with Crippen molar-refractivity contribution in [1.82, 2.24) is 4.72 Å². The maximum absolute atomic E-state index is 12.6. The van der Waals surface area contributed by atoms with Crippen LogP contribution in [-0.2, 0) is 20.0 Å². The fourth-order valence-corrected chi connectivity index (χ4v) is 6.96. The van der Waals surface area contributed by atoms with Crippen molar-refractivity contribution < 1.29 is 16.8 Å². The van der Waals surface area contributed by atoms with Crippen molar-refractivity contribution in [2.24, 2.45) is 22.9 Å². The van der Waals surface area contributed by atoms with Gasteiger partial charge in [0, 0.05) is 0 Å². The highest BCUT2D eigenvalue weighted by molar-refractivity contribution is 7.90. The van der Waals surface area contributed by atoms with Crippen molar-refractivity contribution in [3.05, 3.63) is 17.2 Å². The number of sulfonamides is 2. The molecule has 0 spiro atoms. The average Bonchev–Trinajstić information content (AvgIpc) is 3.06. The minimum Gasteiger partial charge on any atom is -0.368 e. The van der Waals surface area contributed by atoms with Gasteiger partial charge >= 0.3 is 0 Å². The Morgan fingerprint density at radius 1 is 1.21 bits per heavy atom. The molecule has 0 amide bonds. The molecule has 4 atom stereocenters. The van der Waals surface area contributed by atoms with Gasteiger partial charge in [0.05, 0.1) is 16.9 Å². The Bertz CT molecular complexity index is 916. The van der Waals surface area contributed by atoms with E-state index in [0.717, 1.165) is 25.3 Å². The van der Waals surface area contributed by atoms with Gasteiger partial charge in [-0.1, -0.05) is 18.0 Å². The van der Waals surface area contributed by atoms with Crippen LogP contribution in [0.1, 0.15) is 25.7 Å². The van der Waals surface area contributed by atoms with Gasteiger partial charge in [0.2, 0.25) is 20.0 Å². The molecule has 1 aromatic carbocycles. The Kier molecular flexibility index (Phi) is 3.67. The first-order chi connectivity index (χ1) is 11.1. The van der Waals surface area contributed by atoms with E-state index in [9.17, 15) is 16.8 Å². The Hall–Kier alpha value is -0.870. The molecule has 1 aromatic rings. The lowest BCUT2D eigenvalue weighted by atomic mass is 9.86. The number of nitrogens with one attached hydrogen (secondary N) is 2. The van der Waals surface area contributed by atoms with Crippen LogP contribution < -0.4 is 15.2 Å². The highest BCUT2D eigenvalue weighted by Crippen LogP contribution is 2.50. The van der Waals surface area contributed by atoms with Crippen LogP contribution in [0.3, 0.4) is 0 Å². The lowest BCUT2D eigenvalue weighted by molar-refractivity contribution is 0.283. The summed E-state index contributed by atoms with van der Waals surface area (Å²) in [6.45, 7) is 0. The minimum atomic E-state index is -4.11. The van der Waals surface area contributed by atoms with E-state index in [1.807, 2.05) is 0 Å². The second-order valence-corrected chi connectivity index (χ2v) is 10.5. The summed E-state index contributed by atoms with van der Waals surface area (Å²) in [4.78, 5) is -0.538. The van der Waals surface area contributed by atoms with Crippen LogP contribution in [-0.4, -0.2) is 23.0 Å². The number of hydrogen-bond acceptors (Lipinski definition) is 5. The number of fused-ring (bicyclic) bond motifs is 3. The summed E-state index contributed by atoms with van der Waals surface area (Å²) in [5.41, 5.74) is 0.318. The quantitative estimate of drug-likeness (QED) is 0.705. The van der Waals surface area contributed by atoms with E-state index in [4.69, 9.17) is 16.7 Å². The number of rotatable bonds is 2. The first-order valence-electron chi connectivity index (χ1n) is 7.80. The minimum absolute atomic E-state index is 0.0902. The van der Waals surface area contributed by atoms with Crippen LogP contribution in [0.2, 0.25) is 5.02 Å². The molecule has 2 fully saturated rings. The van der Waals surface area contributed by atoms with Gasteiger partial charge in [-0.3, -0.25) is 0 Å². The highest BCUT2D eigenvalue weighted by Gasteiger charge is 2.46. The molecule has 2 aliphatic carbocycles. The summed E-state index contributed by atoms with van der Waals surface area (Å²) in [5, 5.41) is 8.20. The molecule has 4 N–H and O–H groups in total. The van der Waals surface area contributed by atoms with Gasteiger partial charge in [0.25, 0.3) is 0 Å². The molecule has 3 aliphatic rings. The first kappa shape index (κ1) is 16.6. The summed E-state index contributed by atoms with van der Waals surface area (Å²) >= 11 is 5.99. The lowest BCUT2D eigenvalue weighted by Crippen LogP contribution is -2.50. The van der Waals surface area contributed by atoms with Crippen molar-refractivity contribution in [3.8, 4) is 0 Å². The molecule has 2 saturated carbocycles. The SMILES string of the molecule is NS(=O)(=O)c1cc2c(cc1Cl)N[C@H]([C@H]1C[C@H]3CC[C@@H]1C3)NS2(=O)=O. The summed E-state index contributed by atoms with van der Waals surface area (Å²) in [6.07, 6.45) is 4.12. The van der Waals surface area contributed by atoms with E-state index in [1.165, 1.54) is 12.5 Å². The molecular weight excluding hydrogens is 374 g/mol. The second kappa shape index (κ2) is 5.31. The largest absolute Gasteiger partial charge is 0.368 e. The second-order valence-electron chi connectivity index (χ2n) is 6.91. The first-order valence-corrected chi connectivity index (χ1v) is 11.2. The van der Waals surface area contributed by atoms with Gasteiger partial charge in [0.1, 0.15) is 9.79 Å². The summed E-state index contributed by atoms with van der Waals surface area (Å²) in [7, 11) is -7.94. The molecule has 7 nitrogen and oxygen atoms in total. The topological polar surface area (TPSA) is 118 Å². The van der Waals surface area contributed by atoms with Gasteiger partial charge in [-0.25, -0.2) is 22.0 Å². The fraction of sp³-hybridized carbons (Fsp3) is 0.571. The molecule has 1 heterocycles. The van der Waals surface area contributed by atoms with Gasteiger partial charge in [0.15, 0.2) is 0 Å². The van der Waals surface area contributed by atoms with Crippen molar-refractivity contribution in [2.45, 2.75) is 41.6 Å². The van der Waals surface area contributed by atoms with E-state index in [-0.39, 0.29) is 15.8 Å². The third kappa shape index (κ3) is 2.62. The average molecular weight is 392 g/mol. The number of hydrogen-bond donors (Lipinski definition) is 3. The van der Waals surface area contributed by atoms with Gasteiger partial charge in [-0.15, -0.1) is 0 Å². The molecule has 0 radical (unpaired) electrons. The Balaban J connectivity index is 1.75.